The minimum absolute atomic E-state index is 0.0928. The third kappa shape index (κ3) is 4.47. The second kappa shape index (κ2) is 10.2. The number of pyridine rings is 1. The number of nitrogens with two attached hydrogens (primary N) is 1. The van der Waals surface area contributed by atoms with Crippen molar-refractivity contribution in [2.24, 2.45) is 5.73 Å². The number of aromatic amines is 1. The lowest BCUT2D eigenvalue weighted by Gasteiger charge is -2.26. The number of anilines is 5. The number of carbonyl (C=O) groups excluding carboxylic acids is 2. The molecule has 0 bridgehead atoms. The minimum Gasteiger partial charge on any atom is -0.495 e. The van der Waals surface area contributed by atoms with Crippen LogP contribution in [0.3, 0.4) is 0 Å². The Labute approximate surface area is 230 Å². The second-order valence-electron chi connectivity index (χ2n) is 10.2. The molecule has 2 aromatic heterocycles. The molecule has 0 saturated carbocycles. The first-order chi connectivity index (χ1) is 19.3. The second-order valence-corrected chi connectivity index (χ2v) is 10.2. The predicted octanol–water partition coefficient (Wildman–Crippen LogP) is 4.28. The van der Waals surface area contributed by atoms with E-state index in [0.717, 1.165) is 42.4 Å². The van der Waals surface area contributed by atoms with Gasteiger partial charge in [-0.15, -0.1) is 0 Å². The summed E-state index contributed by atoms with van der Waals surface area (Å²) in [4.78, 5) is 36.9. The number of likely N-dealkylation sites (tertiary alicyclic amines) is 1. The molecule has 1 saturated heterocycles. The van der Waals surface area contributed by atoms with Crippen LogP contribution in [0.4, 0.5) is 33.0 Å². The molecular formula is C29H30FN7O3. The molecule has 40 heavy (non-hydrogen) atoms. The van der Waals surface area contributed by atoms with Crippen LogP contribution < -0.4 is 26.0 Å². The Bertz CT molecular complexity index is 1640. The average Bonchev–Trinajstić information content (AvgIpc) is 3.66. The van der Waals surface area contributed by atoms with E-state index in [1.165, 1.54) is 12.1 Å². The molecule has 0 unspecified atom stereocenters. The molecule has 2 aliphatic rings. The smallest absolute Gasteiger partial charge is 0.253 e. The van der Waals surface area contributed by atoms with E-state index in [4.69, 9.17) is 10.5 Å². The molecule has 6 rings (SSSR count). The van der Waals surface area contributed by atoms with Crippen molar-refractivity contribution in [3.8, 4) is 5.75 Å². The van der Waals surface area contributed by atoms with Gasteiger partial charge in [-0.1, -0.05) is 6.07 Å². The maximum absolute atomic E-state index is 14.3. The average molecular weight is 544 g/mol. The lowest BCUT2D eigenvalue weighted by atomic mass is 10.1. The number of rotatable bonds is 7. The molecule has 0 spiro atoms. The highest BCUT2D eigenvalue weighted by Crippen LogP contribution is 2.40. The number of aromatic nitrogens is 2. The number of halogens is 1. The van der Waals surface area contributed by atoms with Gasteiger partial charge in [0.1, 0.15) is 17.4 Å². The Morgan fingerprint density at radius 2 is 1.98 bits per heavy atom. The number of benzene rings is 2. The predicted molar refractivity (Wildman–Crippen MR) is 152 cm³/mol. The van der Waals surface area contributed by atoms with Crippen LogP contribution in [-0.2, 0) is 11.2 Å². The molecule has 1 atom stereocenters. The molecule has 10 nitrogen and oxygen atoms in total. The van der Waals surface area contributed by atoms with E-state index in [2.05, 4.69) is 25.5 Å². The van der Waals surface area contributed by atoms with E-state index in [9.17, 15) is 14.0 Å². The van der Waals surface area contributed by atoms with Crippen LogP contribution in [0.1, 0.15) is 28.8 Å². The van der Waals surface area contributed by atoms with Crippen molar-refractivity contribution < 1.29 is 18.7 Å². The van der Waals surface area contributed by atoms with Gasteiger partial charge in [0.15, 0.2) is 0 Å². The highest BCUT2D eigenvalue weighted by atomic mass is 19.1. The Hall–Kier alpha value is -4.64. The van der Waals surface area contributed by atoms with Gasteiger partial charge < -0.3 is 31.0 Å². The summed E-state index contributed by atoms with van der Waals surface area (Å²) in [5.41, 5.74) is 9.38. The van der Waals surface area contributed by atoms with Crippen molar-refractivity contribution in [2.45, 2.75) is 25.3 Å². The number of H-pyrrole nitrogens is 1. The maximum Gasteiger partial charge on any atom is 0.253 e. The zero-order valence-corrected chi connectivity index (χ0v) is 22.3. The number of primary amides is 1. The molecule has 2 aliphatic heterocycles. The summed E-state index contributed by atoms with van der Waals surface area (Å²) in [7, 11) is 3.62. The number of amides is 2. The topological polar surface area (TPSA) is 129 Å². The third-order valence-corrected chi connectivity index (χ3v) is 7.71. The van der Waals surface area contributed by atoms with Crippen LogP contribution in [-0.4, -0.2) is 60.0 Å². The maximum atomic E-state index is 14.3. The number of likely N-dealkylation sites (N-methyl/N-ethyl adjacent to an activating group) is 1. The largest absolute Gasteiger partial charge is 0.495 e. The van der Waals surface area contributed by atoms with Crippen molar-refractivity contribution >= 4 is 51.3 Å². The molecule has 0 aliphatic carbocycles. The SMILES string of the molecule is COc1cc2c(cc1Nc1cc3c(Nc4cccc(F)c4C(N)=O)cncc3[nH]1)N(C(=O)[C@H]1CCCN1C)CC2. The zero-order chi connectivity index (χ0) is 28.0. The molecule has 11 heteroatoms. The fourth-order valence-corrected chi connectivity index (χ4v) is 5.70. The monoisotopic (exact) mass is 543 g/mol. The zero-order valence-electron chi connectivity index (χ0n) is 22.3. The van der Waals surface area contributed by atoms with Gasteiger partial charge in [-0.2, -0.15) is 0 Å². The quantitative estimate of drug-likeness (QED) is 0.274. The highest BCUT2D eigenvalue weighted by molar-refractivity contribution is 6.02. The third-order valence-electron chi connectivity index (χ3n) is 7.71. The lowest BCUT2D eigenvalue weighted by Crippen LogP contribution is -2.43. The van der Waals surface area contributed by atoms with Crippen LogP contribution in [0.2, 0.25) is 0 Å². The van der Waals surface area contributed by atoms with Gasteiger partial charge in [-0.25, -0.2) is 4.39 Å². The summed E-state index contributed by atoms with van der Waals surface area (Å²) in [5.74, 6) is -0.120. The summed E-state index contributed by atoms with van der Waals surface area (Å²) >= 11 is 0. The van der Waals surface area contributed by atoms with E-state index in [0.29, 0.717) is 35.0 Å². The number of carbonyl (C=O) groups is 2. The van der Waals surface area contributed by atoms with E-state index in [1.54, 1.807) is 25.6 Å². The van der Waals surface area contributed by atoms with Crippen molar-refractivity contribution in [1.82, 2.24) is 14.9 Å². The summed E-state index contributed by atoms with van der Waals surface area (Å²) in [6, 6.07) is 10.0. The molecule has 4 heterocycles. The molecule has 5 N–H and O–H groups in total. The lowest BCUT2D eigenvalue weighted by molar-refractivity contribution is -0.122. The normalized spacial score (nSPS) is 16.8. The Morgan fingerprint density at radius 1 is 1.12 bits per heavy atom. The van der Waals surface area contributed by atoms with Gasteiger partial charge in [0.2, 0.25) is 5.91 Å². The molecule has 2 aromatic carbocycles. The van der Waals surface area contributed by atoms with Crippen LogP contribution in [0.25, 0.3) is 10.9 Å². The van der Waals surface area contributed by atoms with Crippen LogP contribution in [0, 0.1) is 5.82 Å². The Balaban J connectivity index is 1.31. The van der Waals surface area contributed by atoms with Gasteiger partial charge in [0.05, 0.1) is 53.7 Å². The van der Waals surface area contributed by atoms with E-state index < -0.39 is 11.7 Å². The number of methoxy groups -OCH3 is 1. The molecule has 206 valence electrons. The molecule has 2 amide bonds. The van der Waals surface area contributed by atoms with Crippen molar-refractivity contribution in [3.05, 3.63) is 65.7 Å². The van der Waals surface area contributed by atoms with Crippen molar-refractivity contribution in [1.29, 1.82) is 0 Å². The van der Waals surface area contributed by atoms with E-state index in [-0.39, 0.29) is 23.2 Å². The first kappa shape index (κ1) is 25.6. The molecule has 1 fully saturated rings. The van der Waals surface area contributed by atoms with Gasteiger partial charge in [-0.3, -0.25) is 19.5 Å². The van der Waals surface area contributed by atoms with Gasteiger partial charge >= 0.3 is 0 Å². The number of nitrogens with zero attached hydrogens (tertiary/aromatic N) is 3. The molecule has 0 radical (unpaired) electrons. The fraction of sp³-hybridized carbons (Fsp3) is 0.276. The Morgan fingerprint density at radius 3 is 2.73 bits per heavy atom. The summed E-state index contributed by atoms with van der Waals surface area (Å²) < 4.78 is 20.0. The fourth-order valence-electron chi connectivity index (χ4n) is 5.70. The number of ether oxygens (including phenoxy) is 1. The van der Waals surface area contributed by atoms with Gasteiger partial charge in [0, 0.05) is 17.6 Å². The first-order valence-corrected chi connectivity index (χ1v) is 13.2. The minimum atomic E-state index is -0.868. The highest BCUT2D eigenvalue weighted by Gasteiger charge is 2.35. The van der Waals surface area contributed by atoms with E-state index >= 15 is 0 Å². The molecule has 4 aromatic rings. The van der Waals surface area contributed by atoms with Crippen LogP contribution in [0.5, 0.6) is 5.75 Å². The van der Waals surface area contributed by atoms with Crippen molar-refractivity contribution in [2.75, 3.05) is 42.8 Å². The van der Waals surface area contributed by atoms with Crippen LogP contribution >= 0.6 is 0 Å². The van der Waals surface area contributed by atoms with Gasteiger partial charge in [-0.05, 0) is 68.8 Å². The van der Waals surface area contributed by atoms with Crippen molar-refractivity contribution in [3.63, 3.8) is 0 Å². The number of nitrogens with one attached hydrogen (secondary N) is 3. The van der Waals surface area contributed by atoms with Crippen LogP contribution in [0.15, 0.2) is 48.8 Å². The standard InChI is InChI=1S/C29H30FN7O3/c1-36-9-4-7-23(36)29(39)37-10-8-16-11-25(40-2)20(13-24(16)37)34-26-12-17-21(14-32-15-22(17)35-26)33-19-6-3-5-18(30)27(19)28(31)38/h3,5-6,11-15,23,33-35H,4,7-10H2,1-2H3,(H2,31,38)/t23-/m1/s1. The van der Waals surface area contributed by atoms with E-state index in [1.807, 2.05) is 30.1 Å². The first-order valence-electron chi connectivity index (χ1n) is 13.2. The van der Waals surface area contributed by atoms with Gasteiger partial charge in [0.25, 0.3) is 5.91 Å². The number of fused-ring (bicyclic) bond motifs is 2. The Kier molecular flexibility index (Phi) is 6.51. The summed E-state index contributed by atoms with van der Waals surface area (Å²) in [6.07, 6.45) is 5.94. The number of hydrogen-bond acceptors (Lipinski definition) is 7. The number of hydrogen-bond donors (Lipinski definition) is 4. The summed E-state index contributed by atoms with van der Waals surface area (Å²) in [5, 5.41) is 7.25. The molecular weight excluding hydrogens is 513 g/mol. The summed E-state index contributed by atoms with van der Waals surface area (Å²) in [6.45, 7) is 1.58.